The fourth-order valence-corrected chi connectivity index (χ4v) is 1.77. The van der Waals surface area contributed by atoms with Crippen molar-refractivity contribution in [3.63, 3.8) is 0 Å². The molecule has 2 aromatic rings. The van der Waals surface area contributed by atoms with Crippen molar-refractivity contribution in [2.75, 3.05) is 11.5 Å². The van der Waals surface area contributed by atoms with Crippen molar-refractivity contribution >= 4 is 22.7 Å². The van der Waals surface area contributed by atoms with E-state index in [1.165, 1.54) is 0 Å². The summed E-state index contributed by atoms with van der Waals surface area (Å²) in [6, 6.07) is 10.0. The summed E-state index contributed by atoms with van der Waals surface area (Å²) in [4.78, 5) is 0. The second-order valence-corrected chi connectivity index (χ2v) is 4.29. The second kappa shape index (κ2) is 6.14. The Morgan fingerprint density at radius 1 is 0.750 bits per heavy atom. The highest BCUT2D eigenvalue weighted by molar-refractivity contribution is 5.56. The minimum atomic E-state index is -0.173. The van der Waals surface area contributed by atoms with Gasteiger partial charge in [-0.05, 0) is 36.4 Å². The van der Waals surface area contributed by atoms with Gasteiger partial charge in [0.1, 0.15) is 0 Å². The van der Waals surface area contributed by atoms with Crippen molar-refractivity contribution in [3.05, 3.63) is 47.5 Å². The number of aliphatic hydroxyl groups is 2. The molecule has 6 heteroatoms. The molecule has 0 amide bonds. The van der Waals surface area contributed by atoms with Crippen LogP contribution in [0.5, 0.6) is 0 Å². The lowest BCUT2D eigenvalue weighted by Gasteiger charge is -2.04. The normalized spacial score (nSPS) is 11.1. The Morgan fingerprint density at radius 3 is 1.50 bits per heavy atom. The number of azo groups is 1. The highest BCUT2D eigenvalue weighted by atomic mass is 16.3. The maximum atomic E-state index is 9.26. The number of aliphatic hydroxyl groups excluding tert-OH is 2. The van der Waals surface area contributed by atoms with Gasteiger partial charge in [0.15, 0.2) is 0 Å². The van der Waals surface area contributed by atoms with Crippen molar-refractivity contribution in [3.8, 4) is 0 Å². The van der Waals surface area contributed by atoms with Crippen LogP contribution in [0.2, 0.25) is 0 Å². The van der Waals surface area contributed by atoms with Crippen molar-refractivity contribution in [1.82, 2.24) is 0 Å². The molecule has 0 aliphatic carbocycles. The summed E-state index contributed by atoms with van der Waals surface area (Å²) in [6.07, 6.45) is 0. The van der Waals surface area contributed by atoms with Crippen molar-refractivity contribution in [2.45, 2.75) is 13.2 Å². The van der Waals surface area contributed by atoms with Crippen molar-refractivity contribution in [1.29, 1.82) is 0 Å². The molecule has 0 atom stereocenters. The van der Waals surface area contributed by atoms with E-state index in [0.717, 1.165) is 0 Å². The minimum absolute atomic E-state index is 0.173. The lowest BCUT2D eigenvalue weighted by atomic mass is 10.1. The van der Waals surface area contributed by atoms with E-state index >= 15 is 0 Å². The molecule has 0 aromatic heterocycles. The Hall–Kier alpha value is -2.44. The summed E-state index contributed by atoms with van der Waals surface area (Å²) < 4.78 is 0. The first-order valence-electron chi connectivity index (χ1n) is 6.04. The molecule has 0 bridgehead atoms. The van der Waals surface area contributed by atoms with E-state index in [-0.39, 0.29) is 13.2 Å². The largest absolute Gasteiger partial charge is 0.399 e. The number of nitrogens with two attached hydrogens (primary N) is 2. The Kier molecular flexibility index (Phi) is 4.29. The summed E-state index contributed by atoms with van der Waals surface area (Å²) in [5.74, 6) is 0. The van der Waals surface area contributed by atoms with E-state index in [4.69, 9.17) is 11.5 Å². The highest BCUT2D eigenvalue weighted by Gasteiger charge is 2.03. The fourth-order valence-electron chi connectivity index (χ4n) is 1.77. The molecule has 0 heterocycles. The predicted molar refractivity (Wildman–Crippen MR) is 77.7 cm³/mol. The molecule has 104 valence electrons. The van der Waals surface area contributed by atoms with E-state index in [2.05, 4.69) is 10.2 Å². The first kappa shape index (κ1) is 14.0. The van der Waals surface area contributed by atoms with Crippen LogP contribution >= 0.6 is 0 Å². The van der Waals surface area contributed by atoms with E-state index < -0.39 is 0 Å². The number of nitrogens with zero attached hydrogens (tertiary/aromatic N) is 2. The van der Waals surface area contributed by atoms with Gasteiger partial charge < -0.3 is 21.7 Å². The summed E-state index contributed by atoms with van der Waals surface area (Å²) in [7, 11) is 0. The van der Waals surface area contributed by atoms with Crippen LogP contribution in [0.25, 0.3) is 0 Å². The van der Waals surface area contributed by atoms with Gasteiger partial charge in [-0.25, -0.2) is 0 Å². The number of hydrogen-bond acceptors (Lipinski definition) is 6. The summed E-state index contributed by atoms with van der Waals surface area (Å²) in [5.41, 5.74) is 14.6. The summed E-state index contributed by atoms with van der Waals surface area (Å²) in [5, 5.41) is 26.7. The van der Waals surface area contributed by atoms with Crippen LogP contribution in [0, 0.1) is 0 Å². The van der Waals surface area contributed by atoms with Gasteiger partial charge in [-0.15, -0.1) is 0 Å². The van der Waals surface area contributed by atoms with Gasteiger partial charge in [-0.2, -0.15) is 10.2 Å². The van der Waals surface area contributed by atoms with Crippen LogP contribution in [-0.4, -0.2) is 10.2 Å². The highest BCUT2D eigenvalue weighted by Crippen LogP contribution is 2.27. The lowest BCUT2D eigenvalue weighted by Crippen LogP contribution is -1.90. The maximum Gasteiger partial charge on any atom is 0.0913 e. The lowest BCUT2D eigenvalue weighted by molar-refractivity contribution is 0.281. The SMILES string of the molecule is Nc1ccc(/N=N/c2ccc(N)cc2CO)c(CO)c1. The van der Waals surface area contributed by atoms with E-state index in [9.17, 15) is 10.2 Å². The van der Waals surface area contributed by atoms with Gasteiger partial charge in [0, 0.05) is 22.5 Å². The number of rotatable bonds is 4. The molecule has 0 saturated carbocycles. The molecule has 6 nitrogen and oxygen atoms in total. The zero-order chi connectivity index (χ0) is 14.5. The molecular weight excluding hydrogens is 256 g/mol. The Bertz CT molecular complexity index is 586. The molecule has 2 aromatic carbocycles. The maximum absolute atomic E-state index is 9.26. The third kappa shape index (κ3) is 3.11. The van der Waals surface area contributed by atoms with Gasteiger partial charge in [-0.1, -0.05) is 0 Å². The van der Waals surface area contributed by atoms with Crippen LogP contribution < -0.4 is 11.5 Å². The molecular formula is C14H16N4O2. The second-order valence-electron chi connectivity index (χ2n) is 4.29. The quantitative estimate of drug-likeness (QED) is 0.504. The van der Waals surface area contributed by atoms with Crippen LogP contribution in [0.15, 0.2) is 46.6 Å². The van der Waals surface area contributed by atoms with Gasteiger partial charge in [-0.3, -0.25) is 0 Å². The molecule has 0 radical (unpaired) electrons. The topological polar surface area (TPSA) is 117 Å². The Morgan fingerprint density at radius 2 is 1.15 bits per heavy atom. The van der Waals surface area contributed by atoms with Gasteiger partial charge in [0.25, 0.3) is 0 Å². The molecule has 0 fully saturated rings. The average Bonchev–Trinajstić information content (AvgIpc) is 2.46. The van der Waals surface area contributed by atoms with Crippen LogP contribution in [0.4, 0.5) is 22.7 Å². The van der Waals surface area contributed by atoms with Gasteiger partial charge in [0.2, 0.25) is 0 Å². The first-order valence-corrected chi connectivity index (χ1v) is 6.04. The summed E-state index contributed by atoms with van der Waals surface area (Å²) >= 11 is 0. The number of benzene rings is 2. The smallest absolute Gasteiger partial charge is 0.0913 e. The zero-order valence-electron chi connectivity index (χ0n) is 10.8. The molecule has 0 unspecified atom stereocenters. The first-order chi connectivity index (χ1) is 9.63. The molecule has 20 heavy (non-hydrogen) atoms. The van der Waals surface area contributed by atoms with Crippen LogP contribution in [0.1, 0.15) is 11.1 Å². The molecule has 0 saturated heterocycles. The molecule has 2 rings (SSSR count). The standard InChI is InChI=1S/C14H16N4O2/c15-11-1-3-13(9(5-11)7-19)17-18-14-4-2-12(16)6-10(14)8-20/h1-6,19-20H,7-8,15-16H2/b18-17+. The fraction of sp³-hybridized carbons (Fsp3) is 0.143. The third-order valence-corrected chi connectivity index (χ3v) is 2.81. The number of anilines is 2. The number of nitrogen functional groups attached to an aromatic ring is 2. The Balaban J connectivity index is 2.34. The third-order valence-electron chi connectivity index (χ3n) is 2.81. The van der Waals surface area contributed by atoms with Crippen LogP contribution in [-0.2, 0) is 13.2 Å². The van der Waals surface area contributed by atoms with E-state index in [1.807, 2.05) is 0 Å². The predicted octanol–water partition coefficient (Wildman–Crippen LogP) is 2.25. The average molecular weight is 272 g/mol. The Labute approximate surface area is 116 Å². The van der Waals surface area contributed by atoms with E-state index in [0.29, 0.717) is 33.9 Å². The van der Waals surface area contributed by atoms with Crippen LogP contribution in [0.3, 0.4) is 0 Å². The minimum Gasteiger partial charge on any atom is -0.399 e. The molecule has 0 aliphatic heterocycles. The van der Waals surface area contributed by atoms with E-state index in [1.54, 1.807) is 36.4 Å². The molecule has 0 spiro atoms. The van der Waals surface area contributed by atoms with Crippen molar-refractivity contribution in [2.24, 2.45) is 10.2 Å². The van der Waals surface area contributed by atoms with Gasteiger partial charge >= 0.3 is 0 Å². The number of hydrogen-bond donors (Lipinski definition) is 4. The monoisotopic (exact) mass is 272 g/mol. The van der Waals surface area contributed by atoms with Crippen molar-refractivity contribution < 1.29 is 10.2 Å². The summed E-state index contributed by atoms with van der Waals surface area (Å²) in [6.45, 7) is -0.345. The molecule has 6 N–H and O–H groups in total. The zero-order valence-corrected chi connectivity index (χ0v) is 10.8. The molecule has 0 aliphatic rings. The van der Waals surface area contributed by atoms with Gasteiger partial charge in [0.05, 0.1) is 24.6 Å².